The van der Waals surface area contributed by atoms with Gasteiger partial charge in [0, 0.05) is 44.7 Å². The largest absolute Gasteiger partial charge is 0.465 e. The lowest BCUT2D eigenvalue weighted by molar-refractivity contribution is -0.125. The quantitative estimate of drug-likeness (QED) is 0.386. The summed E-state index contributed by atoms with van der Waals surface area (Å²) < 4.78 is 0. The molecule has 1 saturated carbocycles. The Morgan fingerprint density at radius 2 is 1.65 bits per heavy atom. The minimum atomic E-state index is -0.977. The third-order valence-electron chi connectivity index (χ3n) is 7.44. The molecule has 0 spiro atoms. The number of aromatic nitrogens is 1. The van der Waals surface area contributed by atoms with Gasteiger partial charge in [-0.05, 0) is 63.7 Å². The molecule has 0 bridgehead atoms. The van der Waals surface area contributed by atoms with Gasteiger partial charge in [0.2, 0.25) is 5.91 Å². The predicted octanol–water partition coefficient (Wildman–Crippen LogP) is 2.15. The molecule has 1 aromatic carbocycles. The molecule has 37 heavy (non-hydrogen) atoms. The van der Waals surface area contributed by atoms with Crippen LogP contribution < -0.4 is 20.9 Å². The number of pyridine rings is 1. The molecule has 4 N–H and O–H groups in total. The molecule has 2 aliphatic rings. The number of fused-ring (bicyclic) bond motifs is 1. The van der Waals surface area contributed by atoms with Gasteiger partial charge in [-0.3, -0.25) is 9.59 Å². The molecule has 10 heteroatoms. The Kier molecular flexibility index (Phi) is 8.81. The van der Waals surface area contributed by atoms with Crippen molar-refractivity contribution in [2.45, 2.75) is 25.7 Å². The van der Waals surface area contributed by atoms with Crippen molar-refractivity contribution in [3.63, 3.8) is 0 Å². The summed E-state index contributed by atoms with van der Waals surface area (Å²) in [7, 11) is 3.95. The minimum Gasteiger partial charge on any atom is -0.465 e. The minimum absolute atomic E-state index is 0.0605. The number of nitrogens with one attached hydrogen (secondary N) is 3. The second-order valence-corrected chi connectivity index (χ2v) is 10.5. The first-order valence-electron chi connectivity index (χ1n) is 13.1. The van der Waals surface area contributed by atoms with Crippen LogP contribution in [0.5, 0.6) is 0 Å². The van der Waals surface area contributed by atoms with Crippen molar-refractivity contribution in [3.05, 3.63) is 35.9 Å². The van der Waals surface area contributed by atoms with Crippen LogP contribution in [-0.4, -0.2) is 86.3 Å². The summed E-state index contributed by atoms with van der Waals surface area (Å²) >= 11 is 0. The average Bonchev–Trinajstić information content (AvgIpc) is 2.85. The van der Waals surface area contributed by atoms with Crippen LogP contribution in [0.2, 0.25) is 0 Å². The molecule has 1 aliphatic carbocycles. The van der Waals surface area contributed by atoms with Crippen molar-refractivity contribution in [3.8, 4) is 0 Å². The maximum Gasteiger partial charge on any atom is 0.404 e. The molecule has 0 radical (unpaired) electrons. The third kappa shape index (κ3) is 7.09. The SMILES string of the molecule is CN(C)CCNC(=O)C1CN(c2cc(C(=O)NCC3CCC(CNC(=O)O)CC3)c3ccccc3n2)C1. The first-order valence-corrected chi connectivity index (χ1v) is 13.1. The molecule has 2 heterocycles. The molecule has 1 saturated heterocycles. The fourth-order valence-corrected chi connectivity index (χ4v) is 5.09. The molecule has 200 valence electrons. The summed E-state index contributed by atoms with van der Waals surface area (Å²) in [5.41, 5.74) is 1.36. The van der Waals surface area contributed by atoms with E-state index in [1.54, 1.807) is 0 Å². The molecular weight excluding hydrogens is 472 g/mol. The van der Waals surface area contributed by atoms with Crippen LogP contribution in [0.25, 0.3) is 10.9 Å². The van der Waals surface area contributed by atoms with E-state index in [1.165, 1.54) is 0 Å². The number of carboxylic acid groups (broad SMARTS) is 1. The second-order valence-electron chi connectivity index (χ2n) is 10.5. The van der Waals surface area contributed by atoms with Crippen LogP contribution in [0.4, 0.5) is 10.6 Å². The number of likely N-dealkylation sites (N-methyl/N-ethyl adjacent to an activating group) is 1. The van der Waals surface area contributed by atoms with Gasteiger partial charge in [0.15, 0.2) is 0 Å². The lowest BCUT2D eigenvalue weighted by atomic mass is 9.82. The fraction of sp³-hybridized carbons (Fsp3) is 0.556. The molecule has 0 unspecified atom stereocenters. The number of carbonyl (C=O) groups is 3. The summed E-state index contributed by atoms with van der Waals surface area (Å²) in [6.07, 6.45) is 2.89. The molecule has 2 fully saturated rings. The van der Waals surface area contributed by atoms with Crippen LogP contribution >= 0.6 is 0 Å². The lowest BCUT2D eigenvalue weighted by Gasteiger charge is -2.39. The van der Waals surface area contributed by atoms with Gasteiger partial charge in [0.1, 0.15) is 5.82 Å². The van der Waals surface area contributed by atoms with Crippen LogP contribution in [0.3, 0.4) is 0 Å². The van der Waals surface area contributed by atoms with Gasteiger partial charge in [-0.2, -0.15) is 0 Å². The predicted molar refractivity (Wildman–Crippen MR) is 143 cm³/mol. The van der Waals surface area contributed by atoms with Gasteiger partial charge in [0.05, 0.1) is 17.0 Å². The number of hydrogen-bond acceptors (Lipinski definition) is 6. The molecular formula is C27H38N6O4. The van der Waals surface area contributed by atoms with E-state index < -0.39 is 6.09 Å². The van der Waals surface area contributed by atoms with Crippen LogP contribution in [-0.2, 0) is 4.79 Å². The zero-order valence-electron chi connectivity index (χ0n) is 21.7. The van der Waals surface area contributed by atoms with E-state index in [4.69, 9.17) is 10.1 Å². The molecule has 1 aromatic heterocycles. The Morgan fingerprint density at radius 1 is 1.00 bits per heavy atom. The standard InChI is InChI=1S/C27H38N6O4/c1-32(2)12-11-28-25(34)20-16-33(17-20)24-13-22(21-5-3-4-6-23(21)31-24)26(35)29-14-18-7-9-19(10-8-18)15-30-27(36)37/h3-6,13,18-20,30H,7-12,14-17H2,1-2H3,(H,28,34)(H,29,35)(H,36,37). The zero-order chi connectivity index (χ0) is 26.4. The number of rotatable bonds is 10. The Bertz CT molecular complexity index is 1110. The van der Waals surface area contributed by atoms with Gasteiger partial charge < -0.3 is 30.9 Å². The Labute approximate surface area is 217 Å². The zero-order valence-corrected chi connectivity index (χ0v) is 21.7. The number of carbonyl (C=O) groups excluding carboxylic acids is 2. The van der Waals surface area contributed by atoms with Crippen LogP contribution in [0.1, 0.15) is 36.0 Å². The highest BCUT2D eigenvalue weighted by Gasteiger charge is 2.34. The monoisotopic (exact) mass is 510 g/mol. The van der Waals surface area contributed by atoms with E-state index in [0.29, 0.717) is 55.9 Å². The third-order valence-corrected chi connectivity index (χ3v) is 7.44. The average molecular weight is 511 g/mol. The van der Waals surface area contributed by atoms with E-state index in [2.05, 4.69) is 16.0 Å². The second kappa shape index (κ2) is 12.2. The van der Waals surface area contributed by atoms with E-state index >= 15 is 0 Å². The van der Waals surface area contributed by atoms with Crippen LogP contribution in [0, 0.1) is 17.8 Å². The first-order chi connectivity index (χ1) is 17.8. The maximum atomic E-state index is 13.3. The van der Waals surface area contributed by atoms with E-state index in [0.717, 1.165) is 43.1 Å². The summed E-state index contributed by atoms with van der Waals surface area (Å²) in [4.78, 5) is 45.3. The van der Waals surface area contributed by atoms with Crippen molar-refractivity contribution in [1.29, 1.82) is 0 Å². The molecule has 3 amide bonds. The highest BCUT2D eigenvalue weighted by molar-refractivity contribution is 6.07. The van der Waals surface area contributed by atoms with Gasteiger partial charge in [-0.25, -0.2) is 9.78 Å². The number of hydrogen-bond donors (Lipinski definition) is 4. The summed E-state index contributed by atoms with van der Waals surface area (Å²) in [6, 6.07) is 9.48. The highest BCUT2D eigenvalue weighted by atomic mass is 16.4. The first kappa shape index (κ1) is 26.7. The summed E-state index contributed by atoms with van der Waals surface area (Å²) in [5.74, 6) is 1.34. The fourth-order valence-electron chi connectivity index (χ4n) is 5.09. The van der Waals surface area contributed by atoms with Crippen molar-refractivity contribution in [2.75, 3.05) is 58.3 Å². The van der Waals surface area contributed by atoms with Crippen molar-refractivity contribution in [2.24, 2.45) is 17.8 Å². The van der Waals surface area contributed by atoms with Crippen molar-refractivity contribution in [1.82, 2.24) is 25.8 Å². The molecule has 1 aliphatic heterocycles. The Balaban J connectivity index is 1.34. The summed E-state index contributed by atoms with van der Waals surface area (Å²) in [5, 5.41) is 18.2. The van der Waals surface area contributed by atoms with Crippen molar-refractivity contribution >= 4 is 34.6 Å². The van der Waals surface area contributed by atoms with Crippen LogP contribution in [0.15, 0.2) is 30.3 Å². The molecule has 10 nitrogen and oxygen atoms in total. The van der Waals surface area contributed by atoms with Gasteiger partial charge >= 0.3 is 6.09 Å². The van der Waals surface area contributed by atoms with Crippen molar-refractivity contribution < 1.29 is 19.5 Å². The molecule has 0 atom stereocenters. The number of para-hydroxylation sites is 1. The maximum absolute atomic E-state index is 13.3. The summed E-state index contributed by atoms with van der Waals surface area (Å²) in [6.45, 7) is 3.69. The topological polar surface area (TPSA) is 127 Å². The molecule has 4 rings (SSSR count). The highest BCUT2D eigenvalue weighted by Crippen LogP contribution is 2.30. The normalized spacial score (nSPS) is 19.9. The van der Waals surface area contributed by atoms with Gasteiger partial charge in [-0.15, -0.1) is 0 Å². The van der Waals surface area contributed by atoms with E-state index in [1.807, 2.05) is 54.2 Å². The Hall–Kier alpha value is -3.40. The Morgan fingerprint density at radius 3 is 2.30 bits per heavy atom. The number of nitrogens with zero attached hydrogens (tertiary/aromatic N) is 3. The van der Waals surface area contributed by atoms with E-state index in [9.17, 15) is 14.4 Å². The number of anilines is 1. The molecule has 2 aromatic rings. The number of amides is 3. The lowest BCUT2D eigenvalue weighted by Crippen LogP contribution is -2.54. The van der Waals surface area contributed by atoms with Gasteiger partial charge in [-0.1, -0.05) is 18.2 Å². The number of benzene rings is 1. The van der Waals surface area contributed by atoms with E-state index in [-0.39, 0.29) is 17.7 Å². The van der Waals surface area contributed by atoms with Gasteiger partial charge in [0.25, 0.3) is 5.91 Å². The smallest absolute Gasteiger partial charge is 0.404 e.